The summed E-state index contributed by atoms with van der Waals surface area (Å²) < 4.78 is 16.2. The number of carbonyl (C=O) groups excluding carboxylic acids is 2. The summed E-state index contributed by atoms with van der Waals surface area (Å²) in [6, 6.07) is 24.4. The van der Waals surface area contributed by atoms with Gasteiger partial charge in [-0.1, -0.05) is 65.7 Å². The van der Waals surface area contributed by atoms with E-state index < -0.39 is 11.9 Å². The van der Waals surface area contributed by atoms with E-state index >= 15 is 0 Å². The second-order valence-electron chi connectivity index (χ2n) is 8.75. The minimum Gasteiger partial charge on any atom is -0.454 e. The Balaban J connectivity index is 1.24. The van der Waals surface area contributed by atoms with E-state index in [1.54, 1.807) is 54.6 Å². The van der Waals surface area contributed by atoms with Gasteiger partial charge >= 0.3 is 5.97 Å². The van der Waals surface area contributed by atoms with Crippen molar-refractivity contribution in [3.8, 4) is 28.4 Å². The van der Waals surface area contributed by atoms with Gasteiger partial charge in [-0.15, -0.1) is 0 Å². The number of para-hydroxylation sites is 1. The van der Waals surface area contributed by atoms with Crippen LogP contribution in [0.2, 0.25) is 10.0 Å². The fourth-order valence-electron chi connectivity index (χ4n) is 4.39. The number of amides is 1. The summed E-state index contributed by atoms with van der Waals surface area (Å²) in [6.07, 6.45) is 1.40. The first-order valence-electron chi connectivity index (χ1n) is 12.1. The van der Waals surface area contributed by atoms with Gasteiger partial charge in [0.25, 0.3) is 5.91 Å². The van der Waals surface area contributed by atoms with Crippen LogP contribution in [0.5, 0.6) is 17.2 Å². The van der Waals surface area contributed by atoms with Crippen LogP contribution in [-0.2, 0) is 0 Å². The van der Waals surface area contributed by atoms with Gasteiger partial charge in [-0.05, 0) is 48.0 Å². The first kappa shape index (κ1) is 25.5. The smallest absolute Gasteiger partial charge is 0.343 e. The van der Waals surface area contributed by atoms with Crippen LogP contribution in [0.15, 0.2) is 90.0 Å². The second kappa shape index (κ2) is 10.8. The van der Waals surface area contributed by atoms with Crippen molar-refractivity contribution in [2.75, 3.05) is 6.79 Å². The monoisotopic (exact) mass is 571 g/mol. The van der Waals surface area contributed by atoms with Crippen LogP contribution in [0.4, 0.5) is 0 Å². The Morgan fingerprint density at radius 3 is 2.55 bits per heavy atom. The number of nitrogens with one attached hydrogen (secondary N) is 2. The predicted molar refractivity (Wildman–Crippen MR) is 153 cm³/mol. The molecule has 0 spiro atoms. The number of carbonyl (C=O) groups is 2. The van der Waals surface area contributed by atoms with E-state index in [9.17, 15) is 9.59 Å². The summed E-state index contributed by atoms with van der Waals surface area (Å²) in [5.74, 6) is 0.232. The number of esters is 1. The maximum Gasteiger partial charge on any atom is 0.343 e. The quantitative estimate of drug-likeness (QED) is 0.100. The van der Waals surface area contributed by atoms with Gasteiger partial charge in [-0.2, -0.15) is 5.10 Å². The lowest BCUT2D eigenvalue weighted by molar-refractivity contribution is 0.0733. The van der Waals surface area contributed by atoms with Crippen molar-refractivity contribution in [1.29, 1.82) is 0 Å². The molecule has 5 aromatic rings. The molecule has 4 aromatic carbocycles. The summed E-state index contributed by atoms with van der Waals surface area (Å²) in [5.41, 5.74) is 5.64. The molecule has 0 saturated carbocycles. The van der Waals surface area contributed by atoms with Crippen LogP contribution >= 0.6 is 23.2 Å². The largest absolute Gasteiger partial charge is 0.454 e. The third-order valence-electron chi connectivity index (χ3n) is 6.20. The molecule has 1 aromatic heterocycles. The number of aromatic nitrogens is 1. The molecule has 0 saturated heterocycles. The molecule has 6 rings (SSSR count). The van der Waals surface area contributed by atoms with Gasteiger partial charge in [0.15, 0.2) is 11.5 Å². The van der Waals surface area contributed by atoms with Gasteiger partial charge in [-0.25, -0.2) is 10.2 Å². The van der Waals surface area contributed by atoms with Crippen LogP contribution in [0.25, 0.3) is 22.0 Å². The van der Waals surface area contributed by atoms with Gasteiger partial charge in [-0.3, -0.25) is 4.79 Å². The van der Waals surface area contributed by atoms with Gasteiger partial charge in [0, 0.05) is 27.1 Å². The number of nitrogens with zero attached hydrogens (tertiary/aromatic N) is 1. The second-order valence-corrected chi connectivity index (χ2v) is 9.59. The zero-order chi connectivity index (χ0) is 27.6. The molecule has 10 heteroatoms. The van der Waals surface area contributed by atoms with Crippen LogP contribution < -0.4 is 19.6 Å². The highest BCUT2D eigenvalue weighted by molar-refractivity contribution is 6.40. The van der Waals surface area contributed by atoms with Crippen molar-refractivity contribution in [2.45, 2.75) is 0 Å². The van der Waals surface area contributed by atoms with Crippen LogP contribution in [0, 0.1) is 0 Å². The number of hydrazone groups is 1. The van der Waals surface area contributed by atoms with Gasteiger partial charge < -0.3 is 19.2 Å². The molecule has 2 N–H and O–H groups in total. The van der Waals surface area contributed by atoms with E-state index in [1.165, 1.54) is 6.21 Å². The average molecular weight is 572 g/mol. The number of fused-ring (bicyclic) bond motifs is 2. The van der Waals surface area contributed by atoms with Crippen molar-refractivity contribution >= 4 is 52.2 Å². The number of hydrogen-bond donors (Lipinski definition) is 2. The number of aromatic amines is 1. The van der Waals surface area contributed by atoms with E-state index in [4.69, 9.17) is 37.4 Å². The maximum atomic E-state index is 13.3. The number of benzene rings is 4. The molecule has 0 atom stereocenters. The molecule has 0 unspecified atom stereocenters. The molecule has 8 nitrogen and oxygen atoms in total. The number of hydrogen-bond acceptors (Lipinski definition) is 6. The molecule has 0 bridgehead atoms. The first-order valence-corrected chi connectivity index (χ1v) is 12.8. The average Bonchev–Trinajstić information content (AvgIpc) is 3.59. The summed E-state index contributed by atoms with van der Waals surface area (Å²) in [5, 5.41) is 5.65. The lowest BCUT2D eigenvalue weighted by Crippen LogP contribution is -2.19. The summed E-state index contributed by atoms with van der Waals surface area (Å²) in [7, 11) is 0. The normalized spacial score (nSPS) is 12.2. The molecular weight excluding hydrogens is 553 g/mol. The fraction of sp³-hybridized carbons (Fsp3) is 0.0333. The van der Waals surface area contributed by atoms with Crippen LogP contribution in [0.3, 0.4) is 0 Å². The number of ether oxygens (including phenoxy) is 3. The van der Waals surface area contributed by atoms with Crippen molar-refractivity contribution in [1.82, 2.24) is 10.4 Å². The minimum atomic E-state index is -0.579. The Bertz CT molecular complexity index is 1800. The van der Waals surface area contributed by atoms with Gasteiger partial charge in [0.05, 0.1) is 16.8 Å². The Hall–Kier alpha value is -4.79. The highest BCUT2D eigenvalue weighted by Crippen LogP contribution is 2.38. The summed E-state index contributed by atoms with van der Waals surface area (Å²) >= 11 is 12.7. The molecule has 0 aliphatic carbocycles. The van der Waals surface area contributed by atoms with Crippen molar-refractivity contribution < 1.29 is 23.8 Å². The molecular formula is C30H19Cl2N3O5. The van der Waals surface area contributed by atoms with Gasteiger partial charge in [0.1, 0.15) is 11.4 Å². The lowest BCUT2D eigenvalue weighted by Gasteiger charge is -2.08. The predicted octanol–water partition coefficient (Wildman–Crippen LogP) is 6.85. The van der Waals surface area contributed by atoms with E-state index in [1.807, 2.05) is 30.3 Å². The standard InChI is InChI=1S/C30H19Cl2N3O5/c31-20-13-21(32)27-22(14-20)34-28(26(27)17-6-2-1-3-7-17)29(36)35-33-15-19-8-4-5-9-23(19)40-30(37)18-10-11-24-25(12-18)39-16-38-24/h1-15,34H,16H2,(H,35,36). The number of rotatable bonds is 6. The third-order valence-corrected chi connectivity index (χ3v) is 6.72. The van der Waals surface area contributed by atoms with Crippen molar-refractivity contribution in [3.63, 3.8) is 0 Å². The molecule has 1 aliphatic rings. The van der Waals surface area contributed by atoms with Crippen LogP contribution in [-0.4, -0.2) is 29.9 Å². The molecule has 0 radical (unpaired) electrons. The Morgan fingerprint density at radius 1 is 0.925 bits per heavy atom. The number of halogens is 2. The molecule has 1 aliphatic heterocycles. The molecule has 198 valence electrons. The van der Waals surface area contributed by atoms with Crippen molar-refractivity contribution in [3.05, 3.63) is 112 Å². The van der Waals surface area contributed by atoms with E-state index in [0.29, 0.717) is 49.1 Å². The highest BCUT2D eigenvalue weighted by atomic mass is 35.5. The summed E-state index contributed by atoms with van der Waals surface area (Å²) in [4.78, 5) is 29.2. The third kappa shape index (κ3) is 4.98. The topological polar surface area (TPSA) is 102 Å². The zero-order valence-electron chi connectivity index (χ0n) is 20.6. The van der Waals surface area contributed by atoms with E-state index in [-0.39, 0.29) is 18.2 Å². The minimum absolute atomic E-state index is 0.102. The SMILES string of the molecule is O=C(Oc1ccccc1C=NNC(=O)c1[nH]c2cc(Cl)cc(Cl)c2c1-c1ccccc1)c1ccc2c(c1)OCO2. The number of H-pyrrole nitrogens is 1. The van der Waals surface area contributed by atoms with Gasteiger partial charge in [0.2, 0.25) is 6.79 Å². The molecule has 40 heavy (non-hydrogen) atoms. The van der Waals surface area contributed by atoms with E-state index in [2.05, 4.69) is 15.5 Å². The molecule has 1 amide bonds. The van der Waals surface area contributed by atoms with Crippen molar-refractivity contribution in [2.24, 2.45) is 5.10 Å². The first-order chi connectivity index (χ1) is 19.5. The Labute approximate surface area is 238 Å². The lowest BCUT2D eigenvalue weighted by atomic mass is 10.0. The fourth-order valence-corrected chi connectivity index (χ4v) is 4.98. The Morgan fingerprint density at radius 2 is 1.70 bits per heavy atom. The van der Waals surface area contributed by atoms with Crippen LogP contribution in [0.1, 0.15) is 26.4 Å². The summed E-state index contributed by atoms with van der Waals surface area (Å²) in [6.45, 7) is 0.102. The Kier molecular flexibility index (Phi) is 6.86. The van der Waals surface area contributed by atoms with E-state index in [0.717, 1.165) is 5.56 Å². The zero-order valence-corrected chi connectivity index (χ0v) is 22.1. The maximum absolute atomic E-state index is 13.3. The molecule has 0 fully saturated rings. The molecule has 2 heterocycles. The highest BCUT2D eigenvalue weighted by Gasteiger charge is 2.22.